The number of hydrogen-bond donors (Lipinski definition) is 2. The van der Waals surface area contributed by atoms with Gasteiger partial charge in [0, 0.05) is 26.2 Å². The Morgan fingerprint density at radius 1 is 0.933 bits per heavy atom. The molecule has 0 amide bonds. The predicted octanol–water partition coefficient (Wildman–Crippen LogP) is 3.01. The van der Waals surface area contributed by atoms with Gasteiger partial charge in [0.05, 0.1) is 13.3 Å². The summed E-state index contributed by atoms with van der Waals surface area (Å²) in [5.74, 6) is 2.37. The smallest absolute Gasteiger partial charge is 0.250 e. The van der Waals surface area contributed by atoms with E-state index in [9.17, 15) is 5.11 Å². The minimum Gasteiger partial charge on any atom is -0.504 e. The molecule has 1 aromatic carbocycles. The summed E-state index contributed by atoms with van der Waals surface area (Å²) in [6.07, 6.45) is 8.80. The zero-order valence-corrected chi connectivity index (χ0v) is 17.4. The van der Waals surface area contributed by atoms with E-state index >= 15 is 0 Å². The summed E-state index contributed by atoms with van der Waals surface area (Å²) in [6.45, 7) is 3.89. The van der Waals surface area contributed by atoms with Gasteiger partial charge in [-0.25, -0.2) is 5.43 Å². The van der Waals surface area contributed by atoms with Gasteiger partial charge in [-0.05, 0) is 62.3 Å². The Kier molecular flexibility index (Phi) is 6.46. The molecule has 2 fully saturated rings. The number of methoxy groups -OCH3 is 1. The van der Waals surface area contributed by atoms with Crippen molar-refractivity contribution in [1.82, 2.24) is 15.0 Å². The van der Waals surface area contributed by atoms with Crippen molar-refractivity contribution in [3.05, 3.63) is 23.8 Å². The Labute approximate surface area is 176 Å². The van der Waals surface area contributed by atoms with Gasteiger partial charge in [0.25, 0.3) is 0 Å². The third-order valence-electron chi connectivity index (χ3n) is 5.47. The van der Waals surface area contributed by atoms with Crippen molar-refractivity contribution in [2.24, 2.45) is 5.10 Å². The van der Waals surface area contributed by atoms with Gasteiger partial charge in [0.15, 0.2) is 11.5 Å². The Balaban J connectivity index is 1.54. The molecule has 0 atom stereocenters. The zero-order chi connectivity index (χ0) is 20.8. The normalized spacial score (nSPS) is 17.4. The van der Waals surface area contributed by atoms with Crippen LogP contribution in [0.3, 0.4) is 0 Å². The Morgan fingerprint density at radius 2 is 1.53 bits per heavy atom. The molecule has 9 heteroatoms. The lowest BCUT2D eigenvalue weighted by Gasteiger charge is -2.30. The fraction of sp³-hybridized carbons (Fsp3) is 0.524. The molecule has 0 bridgehead atoms. The lowest BCUT2D eigenvalue weighted by atomic mass is 10.1. The number of phenolic OH excluding ortho intramolecular Hbond substituents is 1. The first kappa shape index (κ1) is 20.2. The average Bonchev–Trinajstić information content (AvgIpc) is 2.81. The molecule has 160 valence electrons. The molecular weight excluding hydrogens is 382 g/mol. The van der Waals surface area contributed by atoms with E-state index in [-0.39, 0.29) is 5.75 Å². The molecule has 2 saturated heterocycles. The highest BCUT2D eigenvalue weighted by atomic mass is 16.5. The number of hydrogen-bond acceptors (Lipinski definition) is 9. The predicted molar refractivity (Wildman–Crippen MR) is 118 cm³/mol. The van der Waals surface area contributed by atoms with Gasteiger partial charge in [-0.2, -0.15) is 20.1 Å². The number of rotatable bonds is 6. The third kappa shape index (κ3) is 4.90. The van der Waals surface area contributed by atoms with Crippen LogP contribution in [0.25, 0.3) is 0 Å². The van der Waals surface area contributed by atoms with Gasteiger partial charge in [-0.3, -0.25) is 0 Å². The first-order valence-electron chi connectivity index (χ1n) is 10.6. The molecule has 2 aliphatic rings. The van der Waals surface area contributed by atoms with E-state index in [1.54, 1.807) is 24.4 Å². The topological polar surface area (TPSA) is 99.0 Å². The van der Waals surface area contributed by atoms with Crippen LogP contribution in [0.4, 0.5) is 17.8 Å². The molecular formula is C21H29N7O2. The van der Waals surface area contributed by atoms with Gasteiger partial charge in [-0.15, -0.1) is 0 Å². The van der Waals surface area contributed by atoms with Crippen molar-refractivity contribution in [3.63, 3.8) is 0 Å². The van der Waals surface area contributed by atoms with Crippen molar-refractivity contribution in [3.8, 4) is 11.5 Å². The Bertz CT molecular complexity index is 841. The first-order valence-corrected chi connectivity index (χ1v) is 10.6. The zero-order valence-electron chi connectivity index (χ0n) is 17.4. The minimum absolute atomic E-state index is 0.0948. The molecule has 0 aliphatic carbocycles. The quantitative estimate of drug-likeness (QED) is 0.553. The summed E-state index contributed by atoms with van der Waals surface area (Å²) in [5, 5.41) is 14.0. The van der Waals surface area contributed by atoms with E-state index in [2.05, 4.69) is 30.3 Å². The molecule has 9 nitrogen and oxygen atoms in total. The summed E-state index contributed by atoms with van der Waals surface area (Å²) in [5.41, 5.74) is 3.75. The number of aromatic nitrogens is 3. The van der Waals surface area contributed by atoms with Crippen LogP contribution in [-0.2, 0) is 0 Å². The van der Waals surface area contributed by atoms with Crippen LogP contribution < -0.4 is 20.0 Å². The van der Waals surface area contributed by atoms with Crippen LogP contribution in [0.2, 0.25) is 0 Å². The molecule has 0 radical (unpaired) electrons. The molecule has 0 saturated carbocycles. The second kappa shape index (κ2) is 9.60. The Morgan fingerprint density at radius 3 is 2.10 bits per heavy atom. The van der Waals surface area contributed by atoms with Crippen LogP contribution in [0.5, 0.6) is 11.5 Å². The number of anilines is 3. The molecule has 3 heterocycles. The van der Waals surface area contributed by atoms with Crippen molar-refractivity contribution in [2.75, 3.05) is 48.5 Å². The molecule has 30 heavy (non-hydrogen) atoms. The highest BCUT2D eigenvalue weighted by Gasteiger charge is 2.20. The number of aromatic hydroxyl groups is 1. The van der Waals surface area contributed by atoms with Crippen molar-refractivity contribution >= 4 is 24.1 Å². The third-order valence-corrected chi connectivity index (χ3v) is 5.47. The number of ether oxygens (including phenoxy) is 1. The monoisotopic (exact) mass is 411 g/mol. The van der Waals surface area contributed by atoms with Gasteiger partial charge in [-0.1, -0.05) is 0 Å². The number of piperidine rings is 2. The fourth-order valence-corrected chi connectivity index (χ4v) is 3.81. The molecule has 2 aliphatic heterocycles. The number of nitrogens with one attached hydrogen (secondary N) is 1. The van der Waals surface area contributed by atoms with Gasteiger partial charge >= 0.3 is 0 Å². The molecule has 4 rings (SSSR count). The summed E-state index contributed by atoms with van der Waals surface area (Å²) >= 11 is 0. The largest absolute Gasteiger partial charge is 0.504 e. The van der Waals surface area contributed by atoms with Crippen LogP contribution in [0.1, 0.15) is 44.1 Å². The van der Waals surface area contributed by atoms with Crippen LogP contribution >= 0.6 is 0 Å². The van der Waals surface area contributed by atoms with Crippen molar-refractivity contribution in [1.29, 1.82) is 0 Å². The van der Waals surface area contributed by atoms with Crippen LogP contribution in [-0.4, -0.2) is 59.6 Å². The average molecular weight is 412 g/mol. The van der Waals surface area contributed by atoms with E-state index in [0.29, 0.717) is 23.6 Å². The maximum Gasteiger partial charge on any atom is 0.250 e. The van der Waals surface area contributed by atoms with Gasteiger partial charge in [0.1, 0.15) is 0 Å². The summed E-state index contributed by atoms with van der Waals surface area (Å²) < 4.78 is 5.14. The minimum atomic E-state index is 0.0948. The SMILES string of the molecule is COc1cc(/C=N\Nc2nc(N3CCCCC3)nc(N3CCCCC3)n2)ccc1O. The maximum atomic E-state index is 9.73. The lowest BCUT2D eigenvalue weighted by molar-refractivity contribution is 0.373. The van der Waals surface area contributed by atoms with Crippen LogP contribution in [0.15, 0.2) is 23.3 Å². The highest BCUT2D eigenvalue weighted by molar-refractivity contribution is 5.81. The van der Waals surface area contributed by atoms with E-state index in [0.717, 1.165) is 57.4 Å². The highest BCUT2D eigenvalue weighted by Crippen LogP contribution is 2.26. The first-order chi connectivity index (χ1) is 14.7. The van der Waals surface area contributed by atoms with Gasteiger partial charge < -0.3 is 19.6 Å². The Hall–Kier alpha value is -3.10. The summed E-state index contributed by atoms with van der Waals surface area (Å²) in [4.78, 5) is 18.5. The fourth-order valence-electron chi connectivity index (χ4n) is 3.81. The van der Waals surface area contributed by atoms with E-state index in [1.165, 1.54) is 20.0 Å². The number of phenols is 1. The second-order valence-corrected chi connectivity index (χ2v) is 7.66. The number of nitrogens with zero attached hydrogens (tertiary/aromatic N) is 6. The van der Waals surface area contributed by atoms with E-state index in [4.69, 9.17) is 9.72 Å². The molecule has 0 unspecified atom stereocenters. The lowest BCUT2D eigenvalue weighted by Crippen LogP contribution is -2.34. The van der Waals surface area contributed by atoms with Crippen molar-refractivity contribution in [2.45, 2.75) is 38.5 Å². The summed E-state index contributed by atoms with van der Waals surface area (Å²) in [6, 6.07) is 5.05. The molecule has 2 aromatic rings. The van der Waals surface area contributed by atoms with E-state index < -0.39 is 0 Å². The van der Waals surface area contributed by atoms with Crippen LogP contribution in [0, 0.1) is 0 Å². The summed E-state index contributed by atoms with van der Waals surface area (Å²) in [7, 11) is 1.52. The van der Waals surface area contributed by atoms with Crippen molar-refractivity contribution < 1.29 is 9.84 Å². The second-order valence-electron chi connectivity index (χ2n) is 7.66. The number of benzene rings is 1. The van der Waals surface area contributed by atoms with E-state index in [1.807, 2.05) is 0 Å². The molecule has 0 spiro atoms. The maximum absolute atomic E-state index is 9.73. The van der Waals surface area contributed by atoms with Gasteiger partial charge in [0.2, 0.25) is 17.8 Å². The molecule has 2 N–H and O–H groups in total. The number of hydrazone groups is 1. The standard InChI is InChI=1S/C21H29N7O2/c1-30-18-14-16(8-9-17(18)29)15-22-26-19-23-20(27-10-4-2-5-11-27)25-21(24-19)28-12-6-3-7-13-28/h8-9,14-15,29H,2-7,10-13H2,1H3,(H,23,24,25,26)/b22-15-. The molecule has 1 aromatic heterocycles.